The van der Waals surface area contributed by atoms with Crippen LogP contribution in [0.25, 0.3) is 0 Å². The van der Waals surface area contributed by atoms with Gasteiger partial charge in [0.05, 0.1) is 0 Å². The van der Waals surface area contributed by atoms with Crippen molar-refractivity contribution in [2.45, 2.75) is 19.9 Å². The Morgan fingerprint density at radius 3 is 2.62 bits per heavy atom. The van der Waals surface area contributed by atoms with E-state index in [-0.39, 0.29) is 5.82 Å². The van der Waals surface area contributed by atoms with E-state index in [1.54, 1.807) is 6.92 Å². The lowest BCUT2D eigenvalue weighted by molar-refractivity contribution is -0.524. The van der Waals surface area contributed by atoms with E-state index in [1.807, 2.05) is 0 Å². The average molecular weight is 183 g/mol. The summed E-state index contributed by atoms with van der Waals surface area (Å²) in [7, 11) is 0. The first-order valence-electron chi connectivity index (χ1n) is 3.92. The number of rotatable bonds is 2. The van der Waals surface area contributed by atoms with Gasteiger partial charge < -0.3 is 0 Å². The van der Waals surface area contributed by atoms with Crippen molar-refractivity contribution in [1.29, 1.82) is 0 Å². The third-order valence-corrected chi connectivity index (χ3v) is 1.98. The maximum absolute atomic E-state index is 12.8. The molecule has 1 aromatic rings. The predicted molar refractivity (Wildman–Crippen MR) is 46.5 cm³/mol. The van der Waals surface area contributed by atoms with Gasteiger partial charge >= 0.3 is 0 Å². The maximum Gasteiger partial charge on any atom is 0.235 e. The van der Waals surface area contributed by atoms with Gasteiger partial charge in [0.1, 0.15) is 5.82 Å². The summed E-state index contributed by atoms with van der Waals surface area (Å²) in [5.74, 6) is -0.334. The largest absolute Gasteiger partial charge is 0.264 e. The fourth-order valence-corrected chi connectivity index (χ4v) is 1.05. The zero-order chi connectivity index (χ0) is 10.0. The van der Waals surface area contributed by atoms with Gasteiger partial charge in [-0.05, 0) is 30.7 Å². The summed E-state index contributed by atoms with van der Waals surface area (Å²) in [6, 6.07) is 3.42. The molecule has 0 fully saturated rings. The minimum absolute atomic E-state index is 0.334. The minimum Gasteiger partial charge on any atom is -0.264 e. The lowest BCUT2D eigenvalue weighted by Gasteiger charge is -2.04. The Labute approximate surface area is 75.3 Å². The zero-order valence-corrected chi connectivity index (χ0v) is 7.45. The van der Waals surface area contributed by atoms with Gasteiger partial charge in [-0.1, -0.05) is 0 Å². The van der Waals surface area contributed by atoms with Gasteiger partial charge in [-0.25, -0.2) is 4.39 Å². The van der Waals surface area contributed by atoms with E-state index in [4.69, 9.17) is 0 Å². The molecule has 0 N–H and O–H groups in total. The second kappa shape index (κ2) is 3.51. The molecule has 1 rings (SSSR count). The summed E-state index contributed by atoms with van der Waals surface area (Å²) in [4.78, 5) is 10.0. The van der Waals surface area contributed by atoms with E-state index in [9.17, 15) is 14.5 Å². The van der Waals surface area contributed by atoms with Crippen LogP contribution in [0.3, 0.4) is 0 Å². The molecule has 0 aliphatic carbocycles. The summed E-state index contributed by atoms with van der Waals surface area (Å²) in [5, 5.41) is 10.4. The fourth-order valence-electron chi connectivity index (χ4n) is 1.05. The Kier molecular flexibility index (Phi) is 2.60. The molecule has 13 heavy (non-hydrogen) atoms. The van der Waals surface area contributed by atoms with E-state index in [0.717, 1.165) is 0 Å². The van der Waals surface area contributed by atoms with Gasteiger partial charge in [-0.2, -0.15) is 0 Å². The van der Waals surface area contributed by atoms with Crippen molar-refractivity contribution in [3.8, 4) is 0 Å². The monoisotopic (exact) mass is 183 g/mol. The van der Waals surface area contributed by atoms with Gasteiger partial charge in [-0.15, -0.1) is 0 Å². The second-order valence-electron chi connectivity index (χ2n) is 2.97. The van der Waals surface area contributed by atoms with Crippen molar-refractivity contribution >= 4 is 0 Å². The van der Waals surface area contributed by atoms with Gasteiger partial charge in [0, 0.05) is 17.4 Å². The van der Waals surface area contributed by atoms with Crippen molar-refractivity contribution in [3.05, 3.63) is 45.3 Å². The molecular formula is C9H10FNO2. The number of hydrogen-bond acceptors (Lipinski definition) is 2. The maximum atomic E-state index is 12.8. The predicted octanol–water partition coefficient (Wildman–Crippen LogP) is 2.47. The molecule has 1 unspecified atom stereocenters. The van der Waals surface area contributed by atoms with Crippen LogP contribution in [0.2, 0.25) is 0 Å². The van der Waals surface area contributed by atoms with Gasteiger partial charge in [-0.3, -0.25) is 10.1 Å². The van der Waals surface area contributed by atoms with Crippen molar-refractivity contribution < 1.29 is 9.31 Å². The first kappa shape index (κ1) is 9.64. The van der Waals surface area contributed by atoms with E-state index in [0.29, 0.717) is 11.1 Å². The number of halogens is 1. The van der Waals surface area contributed by atoms with Crippen molar-refractivity contribution in [3.63, 3.8) is 0 Å². The molecule has 0 saturated heterocycles. The highest BCUT2D eigenvalue weighted by Crippen LogP contribution is 2.18. The Morgan fingerprint density at radius 1 is 1.54 bits per heavy atom. The second-order valence-corrected chi connectivity index (χ2v) is 2.97. The molecule has 0 amide bonds. The van der Waals surface area contributed by atoms with Crippen molar-refractivity contribution in [2.24, 2.45) is 0 Å². The molecule has 0 aliphatic heterocycles. The molecule has 0 heterocycles. The Hall–Kier alpha value is -1.45. The molecule has 0 spiro atoms. The topological polar surface area (TPSA) is 43.1 Å². The summed E-state index contributed by atoms with van der Waals surface area (Å²) in [5.41, 5.74) is 0.968. The van der Waals surface area contributed by atoms with Crippen LogP contribution < -0.4 is 0 Å². The van der Waals surface area contributed by atoms with Crippen molar-refractivity contribution in [1.82, 2.24) is 0 Å². The molecule has 70 valence electrons. The highest BCUT2D eigenvalue weighted by atomic mass is 19.1. The summed E-state index contributed by atoms with van der Waals surface area (Å²) in [6.45, 7) is 3.07. The van der Waals surface area contributed by atoms with E-state index < -0.39 is 11.0 Å². The van der Waals surface area contributed by atoms with Crippen LogP contribution in [-0.4, -0.2) is 4.92 Å². The smallest absolute Gasteiger partial charge is 0.235 e. The number of benzene rings is 1. The Balaban J connectivity index is 3.03. The van der Waals surface area contributed by atoms with E-state index in [1.165, 1.54) is 25.1 Å². The molecule has 0 saturated carbocycles. The molecule has 0 aromatic heterocycles. The molecular weight excluding hydrogens is 173 g/mol. The van der Waals surface area contributed by atoms with Crippen LogP contribution in [0, 0.1) is 22.9 Å². The average Bonchev–Trinajstić information content (AvgIpc) is 2.08. The van der Waals surface area contributed by atoms with Crippen LogP contribution in [0.1, 0.15) is 24.1 Å². The van der Waals surface area contributed by atoms with Gasteiger partial charge in [0.25, 0.3) is 0 Å². The highest BCUT2D eigenvalue weighted by molar-refractivity contribution is 5.25. The fraction of sp³-hybridized carbons (Fsp3) is 0.333. The van der Waals surface area contributed by atoms with Crippen LogP contribution in [0.5, 0.6) is 0 Å². The highest BCUT2D eigenvalue weighted by Gasteiger charge is 2.16. The first-order valence-corrected chi connectivity index (χ1v) is 3.92. The minimum atomic E-state index is -0.778. The number of nitro groups is 1. The Morgan fingerprint density at radius 2 is 2.15 bits per heavy atom. The molecule has 1 aromatic carbocycles. The molecule has 0 aliphatic rings. The third-order valence-electron chi connectivity index (χ3n) is 1.98. The SMILES string of the molecule is Cc1cc(C(C)[N+](=O)[O-])ccc1F. The number of aryl methyl sites for hydroxylation is 1. The zero-order valence-electron chi connectivity index (χ0n) is 7.45. The first-order chi connectivity index (χ1) is 6.02. The lowest BCUT2D eigenvalue weighted by Crippen LogP contribution is -2.06. The summed E-state index contributed by atoms with van der Waals surface area (Å²) < 4.78 is 12.8. The van der Waals surface area contributed by atoms with Crippen LogP contribution in [-0.2, 0) is 0 Å². The van der Waals surface area contributed by atoms with Crippen molar-refractivity contribution in [2.75, 3.05) is 0 Å². The molecule has 0 radical (unpaired) electrons. The molecule has 0 bridgehead atoms. The van der Waals surface area contributed by atoms with Gasteiger partial charge in [0.15, 0.2) is 0 Å². The number of nitrogens with zero attached hydrogens (tertiary/aromatic N) is 1. The van der Waals surface area contributed by atoms with Gasteiger partial charge in [0.2, 0.25) is 6.04 Å². The van der Waals surface area contributed by atoms with Crippen LogP contribution in [0.4, 0.5) is 4.39 Å². The normalized spacial score (nSPS) is 12.5. The summed E-state index contributed by atoms with van der Waals surface area (Å²) in [6.07, 6.45) is 0. The van der Waals surface area contributed by atoms with E-state index >= 15 is 0 Å². The molecule has 3 nitrogen and oxygen atoms in total. The van der Waals surface area contributed by atoms with Crippen LogP contribution >= 0.6 is 0 Å². The van der Waals surface area contributed by atoms with Crippen LogP contribution in [0.15, 0.2) is 18.2 Å². The molecule has 4 heteroatoms. The molecule has 1 atom stereocenters. The lowest BCUT2D eigenvalue weighted by atomic mass is 10.1. The third kappa shape index (κ3) is 2.02. The number of hydrogen-bond donors (Lipinski definition) is 0. The summed E-state index contributed by atoms with van der Waals surface area (Å²) >= 11 is 0. The standard InChI is InChI=1S/C9H10FNO2/c1-6-5-8(3-4-9(6)10)7(2)11(12)13/h3-5,7H,1-2H3. The quantitative estimate of drug-likeness (QED) is 0.522. The Bertz CT molecular complexity index is 338. The van der Waals surface area contributed by atoms with E-state index in [2.05, 4.69) is 0 Å².